The number of rotatable bonds is 7. The first-order valence-electron chi connectivity index (χ1n) is 4.58. The van der Waals surface area contributed by atoms with Crippen LogP contribution in [0.4, 0.5) is 0 Å². The molecule has 90 valence electrons. The molecule has 0 aliphatic carbocycles. The molecule has 0 aliphatic rings. The van der Waals surface area contributed by atoms with E-state index >= 15 is 0 Å². The highest BCUT2D eigenvalue weighted by atomic mass is 16.4. The lowest BCUT2D eigenvalue weighted by atomic mass is 9.70. The van der Waals surface area contributed by atoms with Crippen LogP contribution in [-0.2, 0) is 14.4 Å². The third-order valence-electron chi connectivity index (χ3n) is 2.62. The molecule has 0 radical (unpaired) electrons. The summed E-state index contributed by atoms with van der Waals surface area (Å²) >= 11 is 0. The molecule has 0 heterocycles. The Kier molecular flexibility index (Phi) is 4.84. The van der Waals surface area contributed by atoms with Crippen LogP contribution in [0.3, 0.4) is 0 Å². The van der Waals surface area contributed by atoms with Crippen molar-refractivity contribution < 1.29 is 29.7 Å². The van der Waals surface area contributed by atoms with E-state index in [1.165, 1.54) is 0 Å². The standard InChI is InChI=1S/C10H14O6/c1-3-7(12)10(4-5-11,9(15)16)6(2)8(13)14/h3,6,11H,1,4-5H2,2H3,(H,13,14)(H,15,16). The monoisotopic (exact) mass is 230 g/mol. The number of allylic oxidation sites excluding steroid dienone is 1. The van der Waals surface area contributed by atoms with Gasteiger partial charge in [0.1, 0.15) is 5.41 Å². The lowest BCUT2D eigenvalue weighted by Crippen LogP contribution is -2.47. The fourth-order valence-electron chi connectivity index (χ4n) is 1.52. The molecule has 16 heavy (non-hydrogen) atoms. The van der Waals surface area contributed by atoms with Crippen molar-refractivity contribution in [3.05, 3.63) is 12.7 Å². The Labute approximate surface area is 92.2 Å². The zero-order valence-corrected chi connectivity index (χ0v) is 8.84. The fourth-order valence-corrected chi connectivity index (χ4v) is 1.52. The van der Waals surface area contributed by atoms with Crippen LogP contribution >= 0.6 is 0 Å². The van der Waals surface area contributed by atoms with Crippen LogP contribution in [-0.4, -0.2) is 39.6 Å². The molecule has 0 saturated carbocycles. The summed E-state index contributed by atoms with van der Waals surface area (Å²) in [6.07, 6.45) is 0.309. The number of carbonyl (C=O) groups excluding carboxylic acids is 1. The fraction of sp³-hybridized carbons (Fsp3) is 0.500. The predicted octanol–water partition coefficient (Wildman–Crippen LogP) is -0.0844. The number of carboxylic acids is 2. The minimum absolute atomic E-state index is 0.458. The number of ketones is 1. The maximum atomic E-state index is 11.5. The molecule has 6 nitrogen and oxygen atoms in total. The van der Waals surface area contributed by atoms with E-state index < -0.39 is 42.1 Å². The smallest absolute Gasteiger partial charge is 0.318 e. The highest BCUT2D eigenvalue weighted by Gasteiger charge is 2.51. The van der Waals surface area contributed by atoms with Gasteiger partial charge in [0.05, 0.1) is 5.92 Å². The summed E-state index contributed by atoms with van der Waals surface area (Å²) in [5.41, 5.74) is -2.15. The number of carboxylic acid groups (broad SMARTS) is 2. The van der Waals surface area contributed by atoms with Crippen LogP contribution < -0.4 is 0 Å². The van der Waals surface area contributed by atoms with Gasteiger partial charge >= 0.3 is 11.9 Å². The van der Waals surface area contributed by atoms with E-state index in [4.69, 9.17) is 15.3 Å². The Morgan fingerprint density at radius 1 is 1.38 bits per heavy atom. The quantitative estimate of drug-likeness (QED) is 0.416. The third-order valence-corrected chi connectivity index (χ3v) is 2.62. The second-order valence-corrected chi connectivity index (χ2v) is 3.38. The molecule has 2 unspecified atom stereocenters. The number of aliphatic carboxylic acids is 2. The molecule has 0 saturated heterocycles. The number of hydrogen-bond donors (Lipinski definition) is 3. The maximum absolute atomic E-state index is 11.5. The van der Waals surface area contributed by atoms with Gasteiger partial charge < -0.3 is 15.3 Å². The molecule has 0 aliphatic heterocycles. The van der Waals surface area contributed by atoms with Crippen molar-refractivity contribution in [3.63, 3.8) is 0 Å². The van der Waals surface area contributed by atoms with Crippen LogP contribution in [0.5, 0.6) is 0 Å². The second kappa shape index (κ2) is 5.41. The van der Waals surface area contributed by atoms with Gasteiger partial charge in [0.2, 0.25) is 0 Å². The molecule has 0 aromatic rings. The average Bonchev–Trinajstić information content (AvgIpc) is 2.23. The van der Waals surface area contributed by atoms with Gasteiger partial charge in [0.25, 0.3) is 0 Å². The van der Waals surface area contributed by atoms with Gasteiger partial charge in [0, 0.05) is 6.61 Å². The first-order valence-corrected chi connectivity index (χ1v) is 4.58. The first kappa shape index (κ1) is 14.3. The normalized spacial score (nSPS) is 15.9. The summed E-state index contributed by atoms with van der Waals surface area (Å²) in [5.74, 6) is -5.33. The van der Waals surface area contributed by atoms with Gasteiger partial charge in [-0.05, 0) is 12.5 Å². The summed E-state index contributed by atoms with van der Waals surface area (Å²) in [6, 6.07) is 0. The van der Waals surface area contributed by atoms with Crippen LogP contribution in [0.1, 0.15) is 13.3 Å². The summed E-state index contributed by atoms with van der Waals surface area (Å²) in [5, 5.41) is 26.6. The minimum atomic E-state index is -2.15. The zero-order valence-electron chi connectivity index (χ0n) is 8.84. The van der Waals surface area contributed by atoms with Crippen molar-refractivity contribution in [2.24, 2.45) is 11.3 Å². The van der Waals surface area contributed by atoms with Crippen molar-refractivity contribution in [2.45, 2.75) is 13.3 Å². The predicted molar refractivity (Wildman–Crippen MR) is 53.8 cm³/mol. The summed E-state index contributed by atoms with van der Waals surface area (Å²) in [4.78, 5) is 33.5. The Morgan fingerprint density at radius 2 is 1.88 bits per heavy atom. The van der Waals surface area contributed by atoms with Gasteiger partial charge in [-0.3, -0.25) is 14.4 Å². The van der Waals surface area contributed by atoms with Crippen molar-refractivity contribution in [2.75, 3.05) is 6.61 Å². The van der Waals surface area contributed by atoms with Gasteiger partial charge in [-0.1, -0.05) is 13.5 Å². The molecular formula is C10H14O6. The Bertz CT molecular complexity index is 321. The zero-order chi connectivity index (χ0) is 12.9. The van der Waals surface area contributed by atoms with E-state index in [1.54, 1.807) is 0 Å². The minimum Gasteiger partial charge on any atom is -0.481 e. The van der Waals surface area contributed by atoms with Crippen molar-refractivity contribution in [3.8, 4) is 0 Å². The summed E-state index contributed by atoms with van der Waals surface area (Å²) in [6.45, 7) is 3.67. The molecule has 3 N–H and O–H groups in total. The molecule has 0 aromatic heterocycles. The van der Waals surface area contributed by atoms with E-state index in [0.717, 1.165) is 13.0 Å². The molecule has 6 heteroatoms. The highest BCUT2D eigenvalue weighted by Crippen LogP contribution is 2.34. The van der Waals surface area contributed by atoms with E-state index in [9.17, 15) is 14.4 Å². The van der Waals surface area contributed by atoms with E-state index in [1.807, 2.05) is 0 Å². The molecule has 0 fully saturated rings. The summed E-state index contributed by atoms with van der Waals surface area (Å²) in [7, 11) is 0. The van der Waals surface area contributed by atoms with Crippen LogP contribution in [0.2, 0.25) is 0 Å². The van der Waals surface area contributed by atoms with Crippen molar-refractivity contribution >= 4 is 17.7 Å². The largest absolute Gasteiger partial charge is 0.481 e. The number of hydrogen-bond acceptors (Lipinski definition) is 4. The Balaban J connectivity index is 5.59. The van der Waals surface area contributed by atoms with E-state index in [0.29, 0.717) is 0 Å². The SMILES string of the molecule is C=CC(=O)C(CCO)(C(=O)O)C(C)C(=O)O. The van der Waals surface area contributed by atoms with Crippen molar-refractivity contribution in [1.29, 1.82) is 0 Å². The molecule has 2 atom stereocenters. The lowest BCUT2D eigenvalue weighted by Gasteiger charge is -2.29. The van der Waals surface area contributed by atoms with E-state index in [2.05, 4.69) is 6.58 Å². The Morgan fingerprint density at radius 3 is 2.12 bits per heavy atom. The van der Waals surface area contributed by atoms with Gasteiger partial charge in [0.15, 0.2) is 5.78 Å². The van der Waals surface area contributed by atoms with Crippen molar-refractivity contribution in [1.82, 2.24) is 0 Å². The molecule has 0 aromatic carbocycles. The van der Waals surface area contributed by atoms with Gasteiger partial charge in [-0.25, -0.2) is 0 Å². The highest BCUT2D eigenvalue weighted by molar-refractivity contribution is 6.10. The van der Waals surface area contributed by atoms with E-state index in [-0.39, 0.29) is 0 Å². The lowest BCUT2D eigenvalue weighted by molar-refractivity contribution is -0.166. The molecular weight excluding hydrogens is 216 g/mol. The molecule has 0 amide bonds. The maximum Gasteiger partial charge on any atom is 0.318 e. The number of carbonyl (C=O) groups is 3. The molecule has 0 spiro atoms. The Hall–Kier alpha value is -1.69. The van der Waals surface area contributed by atoms with Gasteiger partial charge in [-0.15, -0.1) is 0 Å². The topological polar surface area (TPSA) is 112 Å². The number of aliphatic hydroxyl groups excluding tert-OH is 1. The third kappa shape index (κ3) is 2.27. The van der Waals surface area contributed by atoms with Crippen LogP contribution in [0.15, 0.2) is 12.7 Å². The summed E-state index contributed by atoms with van der Waals surface area (Å²) < 4.78 is 0. The number of aliphatic hydroxyl groups is 1. The second-order valence-electron chi connectivity index (χ2n) is 3.38. The molecule has 0 rings (SSSR count). The van der Waals surface area contributed by atoms with Crippen LogP contribution in [0, 0.1) is 11.3 Å². The van der Waals surface area contributed by atoms with Crippen LogP contribution in [0.25, 0.3) is 0 Å². The average molecular weight is 230 g/mol. The molecule has 0 bridgehead atoms. The first-order chi connectivity index (χ1) is 7.34. The van der Waals surface area contributed by atoms with Gasteiger partial charge in [-0.2, -0.15) is 0 Å².